The maximum Gasteiger partial charge on any atom is 0.335 e. The van der Waals surface area contributed by atoms with Crippen LogP contribution in [0.5, 0.6) is 5.75 Å². The maximum absolute atomic E-state index is 13.6. The van der Waals surface area contributed by atoms with Crippen LogP contribution in [0.3, 0.4) is 0 Å². The minimum atomic E-state index is -1.22. The standard InChI is InChI=1S/C14H9ClFNO4/c15-8-2-3-9(10(16)6-8)13(19)17-11-5-7(14(20)21)1-4-12(11)18/h1-6,18H,(H,17,19)(H,20,21). The van der Waals surface area contributed by atoms with Crippen LogP contribution in [0.15, 0.2) is 36.4 Å². The summed E-state index contributed by atoms with van der Waals surface area (Å²) in [6, 6.07) is 6.87. The molecule has 5 nitrogen and oxygen atoms in total. The molecule has 0 radical (unpaired) electrons. The minimum absolute atomic E-state index is 0.125. The molecule has 7 heteroatoms. The van der Waals surface area contributed by atoms with Gasteiger partial charge in [-0.25, -0.2) is 9.18 Å². The van der Waals surface area contributed by atoms with Gasteiger partial charge >= 0.3 is 5.97 Å². The zero-order chi connectivity index (χ0) is 15.6. The van der Waals surface area contributed by atoms with Crippen molar-refractivity contribution in [1.29, 1.82) is 0 Å². The molecule has 2 rings (SSSR count). The van der Waals surface area contributed by atoms with Crippen LogP contribution >= 0.6 is 11.6 Å². The number of aromatic hydroxyl groups is 1. The Morgan fingerprint density at radius 3 is 2.48 bits per heavy atom. The van der Waals surface area contributed by atoms with Gasteiger partial charge < -0.3 is 15.5 Å². The first kappa shape index (κ1) is 14.8. The van der Waals surface area contributed by atoms with Crippen molar-refractivity contribution in [2.24, 2.45) is 0 Å². The lowest BCUT2D eigenvalue weighted by Gasteiger charge is -2.09. The largest absolute Gasteiger partial charge is 0.506 e. The average Bonchev–Trinajstić information content (AvgIpc) is 2.40. The summed E-state index contributed by atoms with van der Waals surface area (Å²) in [6.07, 6.45) is 0. The van der Waals surface area contributed by atoms with E-state index in [1.165, 1.54) is 18.2 Å². The number of benzene rings is 2. The molecule has 2 aromatic carbocycles. The third-order valence-corrected chi connectivity index (χ3v) is 2.90. The number of phenols is 1. The third-order valence-electron chi connectivity index (χ3n) is 2.67. The van der Waals surface area contributed by atoms with Gasteiger partial charge in [0, 0.05) is 5.02 Å². The van der Waals surface area contributed by atoms with Gasteiger partial charge in [0.2, 0.25) is 0 Å². The van der Waals surface area contributed by atoms with Gasteiger partial charge in [0.05, 0.1) is 16.8 Å². The number of carboxylic acids is 1. The van der Waals surface area contributed by atoms with Crippen molar-refractivity contribution in [2.75, 3.05) is 5.32 Å². The molecule has 108 valence electrons. The second-order valence-electron chi connectivity index (χ2n) is 4.12. The fourth-order valence-corrected chi connectivity index (χ4v) is 1.79. The number of hydrogen-bond acceptors (Lipinski definition) is 3. The van der Waals surface area contributed by atoms with Gasteiger partial charge in [-0.1, -0.05) is 11.6 Å². The highest BCUT2D eigenvalue weighted by molar-refractivity contribution is 6.30. The van der Waals surface area contributed by atoms with Gasteiger partial charge in [0.15, 0.2) is 0 Å². The summed E-state index contributed by atoms with van der Waals surface area (Å²) in [5.74, 6) is -3.21. The van der Waals surface area contributed by atoms with Crippen LogP contribution in [-0.4, -0.2) is 22.1 Å². The second-order valence-corrected chi connectivity index (χ2v) is 4.55. The van der Waals surface area contributed by atoms with E-state index < -0.39 is 17.7 Å². The van der Waals surface area contributed by atoms with E-state index in [1.54, 1.807) is 0 Å². The second kappa shape index (κ2) is 5.80. The van der Waals surface area contributed by atoms with Crippen molar-refractivity contribution in [3.63, 3.8) is 0 Å². The predicted octanol–water partition coefficient (Wildman–Crippen LogP) is 3.14. The number of anilines is 1. The fourth-order valence-electron chi connectivity index (χ4n) is 1.63. The van der Waals surface area contributed by atoms with Crippen molar-refractivity contribution >= 4 is 29.2 Å². The lowest BCUT2D eigenvalue weighted by molar-refractivity contribution is 0.0696. The summed E-state index contributed by atoms with van der Waals surface area (Å²) in [6.45, 7) is 0. The molecule has 0 aliphatic carbocycles. The summed E-state index contributed by atoms with van der Waals surface area (Å²) in [4.78, 5) is 22.8. The number of rotatable bonds is 3. The molecule has 0 aliphatic rings. The van der Waals surface area contributed by atoms with Crippen molar-refractivity contribution in [2.45, 2.75) is 0 Å². The van der Waals surface area contributed by atoms with E-state index in [2.05, 4.69) is 5.32 Å². The molecular weight excluding hydrogens is 301 g/mol. The first-order valence-corrected chi connectivity index (χ1v) is 6.09. The molecule has 0 saturated carbocycles. The first-order chi connectivity index (χ1) is 9.88. The van der Waals surface area contributed by atoms with E-state index in [0.29, 0.717) is 0 Å². The molecule has 0 heterocycles. The molecule has 0 saturated heterocycles. The van der Waals surface area contributed by atoms with Crippen LogP contribution in [-0.2, 0) is 0 Å². The van der Waals surface area contributed by atoms with Gasteiger partial charge in [-0.05, 0) is 36.4 Å². The molecule has 0 atom stereocenters. The van der Waals surface area contributed by atoms with E-state index >= 15 is 0 Å². The third kappa shape index (κ3) is 3.29. The normalized spacial score (nSPS) is 10.2. The molecule has 0 aromatic heterocycles. The monoisotopic (exact) mass is 309 g/mol. The Labute approximate surface area is 123 Å². The first-order valence-electron chi connectivity index (χ1n) is 5.71. The Hall–Kier alpha value is -2.60. The number of amides is 1. The Bertz CT molecular complexity index is 733. The minimum Gasteiger partial charge on any atom is -0.506 e. The molecule has 0 fully saturated rings. The van der Waals surface area contributed by atoms with Crippen LogP contribution in [0.2, 0.25) is 5.02 Å². The lowest BCUT2D eigenvalue weighted by atomic mass is 10.1. The number of halogens is 2. The average molecular weight is 310 g/mol. The number of carbonyl (C=O) groups excluding carboxylic acids is 1. The quantitative estimate of drug-likeness (QED) is 0.760. The van der Waals surface area contributed by atoms with Crippen LogP contribution in [0, 0.1) is 5.82 Å². The number of aromatic carboxylic acids is 1. The Balaban J connectivity index is 2.31. The van der Waals surface area contributed by atoms with Crippen LogP contribution in [0.1, 0.15) is 20.7 Å². The SMILES string of the molecule is O=C(O)c1ccc(O)c(NC(=O)c2ccc(Cl)cc2F)c1. The number of hydrogen-bond donors (Lipinski definition) is 3. The summed E-state index contributed by atoms with van der Waals surface area (Å²) < 4.78 is 13.6. The molecule has 2 aromatic rings. The van der Waals surface area contributed by atoms with Crippen molar-refractivity contribution < 1.29 is 24.2 Å². The molecule has 3 N–H and O–H groups in total. The van der Waals surface area contributed by atoms with Crippen LogP contribution in [0.4, 0.5) is 10.1 Å². The molecule has 1 amide bonds. The van der Waals surface area contributed by atoms with Gasteiger partial charge in [-0.15, -0.1) is 0 Å². The molecule has 0 unspecified atom stereocenters. The van der Waals surface area contributed by atoms with Crippen molar-refractivity contribution in [3.8, 4) is 5.75 Å². The molecular formula is C14H9ClFNO4. The fraction of sp³-hybridized carbons (Fsp3) is 0. The highest BCUT2D eigenvalue weighted by atomic mass is 35.5. The Morgan fingerprint density at radius 2 is 1.86 bits per heavy atom. The summed E-state index contributed by atoms with van der Waals surface area (Å²) >= 11 is 5.59. The number of carbonyl (C=O) groups is 2. The maximum atomic E-state index is 13.6. The predicted molar refractivity (Wildman–Crippen MR) is 74.4 cm³/mol. The molecule has 0 aliphatic heterocycles. The zero-order valence-corrected chi connectivity index (χ0v) is 11.2. The van der Waals surface area contributed by atoms with E-state index in [9.17, 15) is 19.1 Å². The highest BCUT2D eigenvalue weighted by Gasteiger charge is 2.15. The topological polar surface area (TPSA) is 86.6 Å². The number of carboxylic acid groups (broad SMARTS) is 1. The van der Waals surface area contributed by atoms with E-state index in [0.717, 1.165) is 18.2 Å². The molecule has 0 bridgehead atoms. The summed E-state index contributed by atoms with van der Waals surface area (Å²) in [7, 11) is 0. The number of phenolic OH excluding ortho intramolecular Hbond substituents is 1. The van der Waals surface area contributed by atoms with Gasteiger partial charge in [0.1, 0.15) is 11.6 Å². The van der Waals surface area contributed by atoms with Gasteiger partial charge in [-0.2, -0.15) is 0 Å². The van der Waals surface area contributed by atoms with Crippen LogP contribution in [0.25, 0.3) is 0 Å². The zero-order valence-electron chi connectivity index (χ0n) is 10.4. The molecule has 0 spiro atoms. The smallest absolute Gasteiger partial charge is 0.335 e. The van der Waals surface area contributed by atoms with Gasteiger partial charge in [0.25, 0.3) is 5.91 Å². The number of nitrogens with one attached hydrogen (secondary N) is 1. The Morgan fingerprint density at radius 1 is 1.14 bits per heavy atom. The van der Waals surface area contributed by atoms with Crippen LogP contribution < -0.4 is 5.32 Å². The Kier molecular flexibility index (Phi) is 4.09. The summed E-state index contributed by atoms with van der Waals surface area (Å²) in [5, 5.41) is 20.8. The van der Waals surface area contributed by atoms with Crippen molar-refractivity contribution in [3.05, 3.63) is 58.4 Å². The lowest BCUT2D eigenvalue weighted by Crippen LogP contribution is -2.14. The van der Waals surface area contributed by atoms with E-state index in [1.807, 2.05) is 0 Å². The van der Waals surface area contributed by atoms with E-state index in [4.69, 9.17) is 16.7 Å². The molecule has 21 heavy (non-hydrogen) atoms. The highest BCUT2D eigenvalue weighted by Crippen LogP contribution is 2.25. The summed E-state index contributed by atoms with van der Waals surface area (Å²) in [5.41, 5.74) is -0.534. The van der Waals surface area contributed by atoms with Gasteiger partial charge in [-0.3, -0.25) is 4.79 Å². The van der Waals surface area contributed by atoms with E-state index in [-0.39, 0.29) is 27.6 Å². The van der Waals surface area contributed by atoms with Crippen molar-refractivity contribution in [1.82, 2.24) is 0 Å².